The van der Waals surface area contributed by atoms with E-state index in [9.17, 15) is 8.42 Å². The monoisotopic (exact) mass is 298 g/mol. The number of hydrogen-bond acceptors (Lipinski definition) is 4. The molecule has 1 aromatic heterocycles. The second kappa shape index (κ2) is 6.07. The highest BCUT2D eigenvalue weighted by molar-refractivity contribution is 7.86. The fourth-order valence-electron chi connectivity index (χ4n) is 2.45. The van der Waals surface area contributed by atoms with Crippen molar-refractivity contribution in [1.82, 2.24) is 13.6 Å². The highest BCUT2D eigenvalue weighted by atomic mass is 32.2. The Bertz CT molecular complexity index is 533. The minimum Gasteiger partial charge on any atom is -0.355 e. The van der Waals surface area contributed by atoms with Gasteiger partial charge in [0.25, 0.3) is 10.2 Å². The van der Waals surface area contributed by atoms with Gasteiger partial charge in [-0.2, -0.15) is 17.0 Å². The van der Waals surface area contributed by atoms with Crippen LogP contribution in [0.4, 0.5) is 5.82 Å². The molecule has 0 saturated carbocycles. The Morgan fingerprint density at radius 3 is 2.65 bits per heavy atom. The van der Waals surface area contributed by atoms with Crippen molar-refractivity contribution in [3.05, 3.63) is 24.4 Å². The first kappa shape index (κ1) is 15.2. The van der Waals surface area contributed by atoms with E-state index in [4.69, 9.17) is 0 Å². The van der Waals surface area contributed by atoms with Crippen molar-refractivity contribution >= 4 is 16.0 Å². The van der Waals surface area contributed by atoms with E-state index in [0.717, 1.165) is 25.2 Å². The zero-order chi connectivity index (χ0) is 14.8. The first-order valence-electron chi connectivity index (χ1n) is 6.74. The van der Waals surface area contributed by atoms with Gasteiger partial charge in [0.15, 0.2) is 0 Å². The van der Waals surface area contributed by atoms with Crippen molar-refractivity contribution in [1.29, 1.82) is 0 Å². The van der Waals surface area contributed by atoms with Crippen LogP contribution in [0.1, 0.15) is 12.8 Å². The van der Waals surface area contributed by atoms with E-state index in [1.54, 1.807) is 27.3 Å². The predicted molar refractivity (Wildman–Crippen MR) is 79.8 cm³/mol. The molecule has 112 valence electrons. The second-order valence-electron chi connectivity index (χ2n) is 5.24. The number of anilines is 1. The molecule has 0 radical (unpaired) electrons. The Balaban J connectivity index is 2.12. The van der Waals surface area contributed by atoms with Crippen molar-refractivity contribution in [2.24, 2.45) is 0 Å². The third-order valence-corrected chi connectivity index (χ3v) is 5.66. The Kier molecular flexibility index (Phi) is 4.62. The summed E-state index contributed by atoms with van der Waals surface area (Å²) in [5.74, 6) is 0.910. The molecule has 1 aromatic rings. The van der Waals surface area contributed by atoms with Crippen LogP contribution in [0, 0.1) is 0 Å². The Morgan fingerprint density at radius 1 is 1.30 bits per heavy atom. The van der Waals surface area contributed by atoms with Crippen LogP contribution in [-0.4, -0.2) is 62.3 Å². The van der Waals surface area contributed by atoms with E-state index < -0.39 is 10.2 Å². The summed E-state index contributed by atoms with van der Waals surface area (Å²) in [5.41, 5.74) is 0. The predicted octanol–water partition coefficient (Wildman–Crippen LogP) is 0.789. The average molecular weight is 298 g/mol. The molecule has 1 fully saturated rings. The van der Waals surface area contributed by atoms with Gasteiger partial charge in [-0.25, -0.2) is 4.98 Å². The minimum atomic E-state index is -3.36. The summed E-state index contributed by atoms with van der Waals surface area (Å²) in [5, 5.41) is 0. The quantitative estimate of drug-likeness (QED) is 0.824. The third kappa shape index (κ3) is 3.11. The van der Waals surface area contributed by atoms with Crippen LogP contribution >= 0.6 is 0 Å². The lowest BCUT2D eigenvalue weighted by Gasteiger charge is -2.38. The first-order chi connectivity index (χ1) is 9.43. The molecule has 1 aliphatic rings. The number of nitrogens with zero attached hydrogens (tertiary/aromatic N) is 4. The molecule has 2 rings (SSSR count). The smallest absolute Gasteiger partial charge is 0.281 e. The first-order valence-corrected chi connectivity index (χ1v) is 8.14. The maximum Gasteiger partial charge on any atom is 0.281 e. The maximum atomic E-state index is 12.2. The zero-order valence-corrected chi connectivity index (χ0v) is 13.0. The molecule has 0 bridgehead atoms. The number of pyridine rings is 1. The van der Waals surface area contributed by atoms with Crippen molar-refractivity contribution in [3.8, 4) is 0 Å². The van der Waals surface area contributed by atoms with E-state index in [0.29, 0.717) is 6.54 Å². The van der Waals surface area contributed by atoms with Crippen molar-refractivity contribution in [2.75, 3.05) is 39.1 Å². The van der Waals surface area contributed by atoms with Crippen LogP contribution in [0.5, 0.6) is 0 Å². The van der Waals surface area contributed by atoms with E-state index in [2.05, 4.69) is 9.88 Å². The number of piperidine rings is 1. The molecule has 20 heavy (non-hydrogen) atoms. The molecule has 7 heteroatoms. The normalized spacial score (nSPS) is 20.6. The maximum absolute atomic E-state index is 12.2. The van der Waals surface area contributed by atoms with Gasteiger partial charge in [0.1, 0.15) is 5.82 Å². The molecule has 0 aromatic carbocycles. The summed E-state index contributed by atoms with van der Waals surface area (Å²) < 4.78 is 27.1. The lowest BCUT2D eigenvalue weighted by Crippen LogP contribution is -2.51. The van der Waals surface area contributed by atoms with Crippen LogP contribution in [-0.2, 0) is 10.2 Å². The molecule has 0 N–H and O–H groups in total. The molecule has 1 saturated heterocycles. The van der Waals surface area contributed by atoms with Crippen LogP contribution in [0.15, 0.2) is 24.4 Å². The van der Waals surface area contributed by atoms with E-state index in [1.807, 2.05) is 18.2 Å². The zero-order valence-electron chi connectivity index (χ0n) is 12.2. The molecule has 6 nitrogen and oxygen atoms in total. The Hall–Kier alpha value is -1.18. The summed E-state index contributed by atoms with van der Waals surface area (Å²) in [6.45, 7) is 1.60. The summed E-state index contributed by atoms with van der Waals surface area (Å²) in [6, 6.07) is 5.78. The van der Waals surface area contributed by atoms with Crippen LogP contribution in [0.2, 0.25) is 0 Å². The second-order valence-corrected chi connectivity index (χ2v) is 7.44. The van der Waals surface area contributed by atoms with Crippen LogP contribution < -0.4 is 4.90 Å². The molecule has 0 unspecified atom stereocenters. The van der Waals surface area contributed by atoms with Gasteiger partial charge in [0, 0.05) is 46.5 Å². The number of hydrogen-bond donors (Lipinski definition) is 0. The molecule has 0 spiro atoms. The van der Waals surface area contributed by atoms with Crippen LogP contribution in [0.25, 0.3) is 0 Å². The number of likely N-dealkylation sites (N-methyl/N-ethyl adjacent to an activating group) is 1. The number of rotatable bonds is 4. The van der Waals surface area contributed by atoms with Gasteiger partial charge in [0.2, 0.25) is 0 Å². The molecule has 2 heterocycles. The summed E-state index contributed by atoms with van der Waals surface area (Å²) in [6.07, 6.45) is 3.61. The highest BCUT2D eigenvalue weighted by Crippen LogP contribution is 2.22. The molecule has 0 amide bonds. The number of aromatic nitrogens is 1. The molecule has 1 atom stereocenters. The van der Waals surface area contributed by atoms with E-state index >= 15 is 0 Å². The van der Waals surface area contributed by atoms with Crippen molar-refractivity contribution < 1.29 is 8.42 Å². The SMILES string of the molecule is CN(C)S(=O)(=O)N(C)[C@H]1CCCN(c2ccccn2)C1. The van der Waals surface area contributed by atoms with Gasteiger partial charge in [-0.15, -0.1) is 0 Å². The summed E-state index contributed by atoms with van der Waals surface area (Å²) >= 11 is 0. The fourth-order valence-corrected chi connectivity index (χ4v) is 3.51. The van der Waals surface area contributed by atoms with E-state index in [1.165, 1.54) is 8.61 Å². The van der Waals surface area contributed by atoms with Gasteiger partial charge in [-0.1, -0.05) is 6.07 Å². The lowest BCUT2D eigenvalue weighted by molar-refractivity contribution is 0.303. The van der Waals surface area contributed by atoms with E-state index in [-0.39, 0.29) is 6.04 Å². The highest BCUT2D eigenvalue weighted by Gasteiger charge is 2.31. The lowest BCUT2D eigenvalue weighted by atomic mass is 10.1. The van der Waals surface area contributed by atoms with Gasteiger partial charge in [-0.05, 0) is 25.0 Å². The van der Waals surface area contributed by atoms with Gasteiger partial charge < -0.3 is 4.90 Å². The van der Waals surface area contributed by atoms with Gasteiger partial charge in [0.05, 0.1) is 0 Å². The van der Waals surface area contributed by atoms with Gasteiger partial charge >= 0.3 is 0 Å². The fraction of sp³-hybridized carbons (Fsp3) is 0.615. The topological polar surface area (TPSA) is 56.8 Å². The van der Waals surface area contributed by atoms with Gasteiger partial charge in [-0.3, -0.25) is 0 Å². The summed E-state index contributed by atoms with van der Waals surface area (Å²) in [4.78, 5) is 6.49. The molecule has 1 aliphatic heterocycles. The Morgan fingerprint density at radius 2 is 2.05 bits per heavy atom. The minimum absolute atomic E-state index is 0.0156. The molecular formula is C13H22N4O2S. The van der Waals surface area contributed by atoms with Crippen molar-refractivity contribution in [3.63, 3.8) is 0 Å². The van der Waals surface area contributed by atoms with Crippen LogP contribution in [0.3, 0.4) is 0 Å². The average Bonchev–Trinajstić information content (AvgIpc) is 2.47. The largest absolute Gasteiger partial charge is 0.355 e. The molecular weight excluding hydrogens is 276 g/mol. The standard InChI is InChI=1S/C13H22N4O2S/c1-15(2)20(18,19)16(3)12-7-6-10-17(11-12)13-8-4-5-9-14-13/h4-5,8-9,12H,6-7,10-11H2,1-3H3/t12-/m0/s1. The summed E-state index contributed by atoms with van der Waals surface area (Å²) in [7, 11) is 1.41. The third-order valence-electron chi connectivity index (χ3n) is 3.71. The van der Waals surface area contributed by atoms with Crippen molar-refractivity contribution in [2.45, 2.75) is 18.9 Å². The molecule has 0 aliphatic carbocycles. The Labute approximate surface area is 121 Å².